The fraction of sp³-hybridized carbons (Fsp3) is 0.440. The van der Waals surface area contributed by atoms with Gasteiger partial charge >= 0.3 is 6.03 Å². The maximum atomic E-state index is 15.3. The Labute approximate surface area is 199 Å². The topological polar surface area (TPSA) is 69.6 Å². The van der Waals surface area contributed by atoms with E-state index in [1.54, 1.807) is 7.05 Å². The van der Waals surface area contributed by atoms with Crippen LogP contribution in [0, 0.1) is 5.82 Å². The third kappa shape index (κ3) is 4.40. The molecule has 1 fully saturated rings. The minimum atomic E-state index is -0.417. The molecule has 0 spiro atoms. The van der Waals surface area contributed by atoms with Crippen LogP contribution in [0.25, 0.3) is 0 Å². The van der Waals surface area contributed by atoms with Crippen molar-refractivity contribution in [3.05, 3.63) is 52.8 Å². The molecule has 2 aliphatic heterocycles. The van der Waals surface area contributed by atoms with Gasteiger partial charge < -0.3 is 24.6 Å². The number of carbonyl (C=O) groups is 1. The molecule has 4 rings (SSSR count). The summed E-state index contributed by atoms with van der Waals surface area (Å²) in [5.74, 6) is 0.258. The summed E-state index contributed by atoms with van der Waals surface area (Å²) >= 11 is 0. The van der Waals surface area contributed by atoms with Gasteiger partial charge in [-0.25, -0.2) is 14.2 Å². The van der Waals surface area contributed by atoms with E-state index >= 15 is 4.39 Å². The number of urea groups is 1. The Kier molecular flexibility index (Phi) is 6.92. The number of piperazine rings is 1. The lowest BCUT2D eigenvalue weighted by atomic mass is 9.92. The van der Waals surface area contributed by atoms with Crippen LogP contribution in [-0.4, -0.2) is 82.2 Å². The van der Waals surface area contributed by atoms with Crippen LogP contribution in [0.2, 0.25) is 0 Å². The van der Waals surface area contributed by atoms with Crippen molar-refractivity contribution in [1.82, 2.24) is 15.2 Å². The molecule has 0 bridgehead atoms. The van der Waals surface area contributed by atoms with E-state index in [1.807, 2.05) is 31.2 Å². The molecule has 2 amide bonds. The maximum absolute atomic E-state index is 15.3. The summed E-state index contributed by atoms with van der Waals surface area (Å²) < 4.78 is 26.4. The Balaban J connectivity index is 1.85. The monoisotopic (exact) mass is 469 g/mol. The maximum Gasteiger partial charge on any atom is 0.337 e. The van der Waals surface area contributed by atoms with Gasteiger partial charge in [0.05, 0.1) is 25.8 Å². The molecule has 2 heterocycles. The standard InChI is InChI=1S/C25H32FN5O3/c1-16-14-19-20(26)15-21(33-4)24(34-5)22(19)23(28-31(16)25(32)27-2)17-6-8-18(9-7-17)30-12-10-29(3)11-13-30/h6-9,15-16H,10-14H2,1-5H3,(H,27,32). The molecule has 0 aliphatic carbocycles. The highest BCUT2D eigenvalue weighted by atomic mass is 19.1. The number of likely N-dealkylation sites (N-methyl/N-ethyl adjacent to an activating group) is 1. The second kappa shape index (κ2) is 9.89. The number of fused-ring (bicyclic) bond motifs is 1. The van der Waals surface area contributed by atoms with E-state index in [0.717, 1.165) is 37.4 Å². The number of amides is 2. The predicted octanol–water partition coefficient (Wildman–Crippen LogP) is 2.93. The van der Waals surface area contributed by atoms with Crippen molar-refractivity contribution in [3.63, 3.8) is 0 Å². The Morgan fingerprint density at radius 2 is 1.79 bits per heavy atom. The second-order valence-corrected chi connectivity index (χ2v) is 8.69. The summed E-state index contributed by atoms with van der Waals surface area (Å²) in [5, 5.41) is 8.73. The van der Waals surface area contributed by atoms with Crippen molar-refractivity contribution in [1.29, 1.82) is 0 Å². The molecule has 1 N–H and O–H groups in total. The largest absolute Gasteiger partial charge is 0.493 e. The SMILES string of the molecule is CNC(=O)N1N=C(c2ccc(N3CCN(C)CC3)cc2)c2c(c(F)cc(OC)c2OC)CC1C. The van der Waals surface area contributed by atoms with Crippen LogP contribution in [0.3, 0.4) is 0 Å². The molecule has 8 nitrogen and oxygen atoms in total. The molecular formula is C25H32FN5O3. The lowest BCUT2D eigenvalue weighted by molar-refractivity contribution is 0.184. The molecule has 34 heavy (non-hydrogen) atoms. The summed E-state index contributed by atoms with van der Waals surface area (Å²) in [7, 11) is 6.68. The van der Waals surface area contributed by atoms with Crippen LogP contribution in [0.1, 0.15) is 23.6 Å². The number of rotatable bonds is 4. The van der Waals surface area contributed by atoms with Crippen molar-refractivity contribution in [2.45, 2.75) is 19.4 Å². The third-order valence-corrected chi connectivity index (χ3v) is 6.52. The van der Waals surface area contributed by atoms with Crippen LogP contribution in [0.4, 0.5) is 14.9 Å². The quantitative estimate of drug-likeness (QED) is 0.746. The summed E-state index contributed by atoms with van der Waals surface area (Å²) in [6.07, 6.45) is 0.279. The minimum Gasteiger partial charge on any atom is -0.493 e. The number of benzene rings is 2. The molecule has 0 saturated carbocycles. The number of carbonyl (C=O) groups excluding carboxylic acids is 1. The minimum absolute atomic E-state index is 0.279. The lowest BCUT2D eigenvalue weighted by Gasteiger charge is -2.34. The number of anilines is 1. The van der Waals surface area contributed by atoms with Gasteiger partial charge in [-0.1, -0.05) is 12.1 Å². The normalized spacial score (nSPS) is 18.6. The van der Waals surface area contributed by atoms with Gasteiger partial charge in [0.1, 0.15) is 11.5 Å². The zero-order chi connectivity index (χ0) is 24.4. The summed E-state index contributed by atoms with van der Waals surface area (Å²) in [6, 6.07) is 8.62. The van der Waals surface area contributed by atoms with E-state index < -0.39 is 5.82 Å². The van der Waals surface area contributed by atoms with Crippen molar-refractivity contribution < 1.29 is 18.7 Å². The fourth-order valence-electron chi connectivity index (χ4n) is 4.55. The van der Waals surface area contributed by atoms with E-state index in [1.165, 1.54) is 25.3 Å². The van der Waals surface area contributed by atoms with Crippen LogP contribution >= 0.6 is 0 Å². The molecule has 9 heteroatoms. The number of hydrazone groups is 1. The second-order valence-electron chi connectivity index (χ2n) is 8.69. The first-order chi connectivity index (χ1) is 16.4. The van der Waals surface area contributed by atoms with E-state index in [9.17, 15) is 4.79 Å². The number of hydrogen-bond acceptors (Lipinski definition) is 6. The van der Waals surface area contributed by atoms with E-state index in [4.69, 9.17) is 14.6 Å². The highest BCUT2D eigenvalue weighted by Crippen LogP contribution is 2.39. The molecule has 2 aliphatic rings. The molecule has 0 aromatic heterocycles. The lowest BCUT2D eigenvalue weighted by Crippen LogP contribution is -2.44. The van der Waals surface area contributed by atoms with E-state index in [2.05, 4.69) is 22.2 Å². The van der Waals surface area contributed by atoms with Crippen LogP contribution in [0.5, 0.6) is 11.5 Å². The van der Waals surface area contributed by atoms with Crippen LogP contribution in [0.15, 0.2) is 35.4 Å². The van der Waals surface area contributed by atoms with Crippen molar-refractivity contribution in [2.75, 3.05) is 59.4 Å². The number of methoxy groups -OCH3 is 2. The fourth-order valence-corrected chi connectivity index (χ4v) is 4.55. The predicted molar refractivity (Wildman–Crippen MR) is 131 cm³/mol. The molecular weight excluding hydrogens is 437 g/mol. The zero-order valence-corrected chi connectivity index (χ0v) is 20.4. The summed E-state index contributed by atoms with van der Waals surface area (Å²) in [4.78, 5) is 17.3. The molecule has 182 valence electrons. The Morgan fingerprint density at radius 1 is 1.12 bits per heavy atom. The van der Waals surface area contributed by atoms with Crippen molar-refractivity contribution in [2.24, 2.45) is 5.10 Å². The first-order valence-corrected chi connectivity index (χ1v) is 11.4. The van der Waals surface area contributed by atoms with Gasteiger partial charge in [0, 0.05) is 56.1 Å². The Morgan fingerprint density at radius 3 is 2.38 bits per heavy atom. The van der Waals surface area contributed by atoms with E-state index in [0.29, 0.717) is 22.6 Å². The number of hydrogen-bond donors (Lipinski definition) is 1. The van der Waals surface area contributed by atoms with Gasteiger partial charge in [0.15, 0.2) is 11.5 Å². The van der Waals surface area contributed by atoms with Crippen LogP contribution in [-0.2, 0) is 6.42 Å². The average Bonchev–Trinajstić information content (AvgIpc) is 3.01. The molecule has 2 aromatic rings. The smallest absolute Gasteiger partial charge is 0.337 e. The molecule has 1 unspecified atom stereocenters. The van der Waals surface area contributed by atoms with Gasteiger partial charge in [-0.3, -0.25) is 0 Å². The van der Waals surface area contributed by atoms with Gasteiger partial charge in [-0.05, 0) is 32.5 Å². The summed E-state index contributed by atoms with van der Waals surface area (Å²) in [6.45, 7) is 5.78. The number of nitrogens with one attached hydrogen (secondary N) is 1. The molecule has 1 atom stereocenters. The first kappa shape index (κ1) is 23.8. The summed E-state index contributed by atoms with van der Waals surface area (Å²) in [5.41, 5.74) is 3.28. The molecule has 1 saturated heterocycles. The van der Waals surface area contributed by atoms with Gasteiger partial charge in [0.2, 0.25) is 0 Å². The highest BCUT2D eigenvalue weighted by molar-refractivity contribution is 6.16. The van der Waals surface area contributed by atoms with Crippen molar-refractivity contribution >= 4 is 17.4 Å². The first-order valence-electron chi connectivity index (χ1n) is 11.4. The van der Waals surface area contributed by atoms with Crippen molar-refractivity contribution in [3.8, 4) is 11.5 Å². The average molecular weight is 470 g/mol. The number of nitrogens with zero attached hydrogens (tertiary/aromatic N) is 4. The van der Waals surface area contributed by atoms with Gasteiger partial charge in [0.25, 0.3) is 0 Å². The van der Waals surface area contributed by atoms with Crippen LogP contribution < -0.4 is 19.7 Å². The van der Waals surface area contributed by atoms with E-state index in [-0.39, 0.29) is 24.2 Å². The zero-order valence-electron chi connectivity index (χ0n) is 20.4. The Bertz CT molecular complexity index is 1080. The number of halogens is 1. The highest BCUT2D eigenvalue weighted by Gasteiger charge is 2.32. The number of ether oxygens (including phenoxy) is 2. The molecule has 0 radical (unpaired) electrons. The third-order valence-electron chi connectivity index (χ3n) is 6.52. The molecule has 2 aromatic carbocycles. The van der Waals surface area contributed by atoms with Gasteiger partial charge in [-0.15, -0.1) is 0 Å². The van der Waals surface area contributed by atoms with Gasteiger partial charge in [-0.2, -0.15) is 5.10 Å². The Hall–Kier alpha value is -3.33.